The molecule has 0 spiro atoms. The summed E-state index contributed by atoms with van der Waals surface area (Å²) in [6.07, 6.45) is -4.33. The van der Waals surface area contributed by atoms with Gasteiger partial charge in [0, 0.05) is 11.0 Å². The van der Waals surface area contributed by atoms with E-state index in [0.29, 0.717) is 5.56 Å². The van der Waals surface area contributed by atoms with E-state index in [1.807, 2.05) is 0 Å². The van der Waals surface area contributed by atoms with Crippen LogP contribution in [0.25, 0.3) is 0 Å². The molecule has 0 aromatic heterocycles. The van der Waals surface area contributed by atoms with Crippen LogP contribution < -0.4 is 5.73 Å². The number of hydrogen-bond donors (Lipinski definition) is 1. The molecule has 0 bridgehead atoms. The van der Waals surface area contributed by atoms with Gasteiger partial charge in [-0.3, -0.25) is 0 Å². The molecule has 0 saturated heterocycles. The Kier molecular flexibility index (Phi) is 4.91. The smallest absolute Gasteiger partial charge is 0.326 e. The monoisotopic (exact) mass is 289 g/mol. The molecule has 0 unspecified atom stereocenters. The zero-order valence-corrected chi connectivity index (χ0v) is 9.34. The summed E-state index contributed by atoms with van der Waals surface area (Å²) in [4.78, 5) is 0. The fourth-order valence-electron chi connectivity index (χ4n) is 0.956. The lowest BCUT2D eigenvalue weighted by molar-refractivity contribution is -0.138. The minimum Gasteiger partial charge on any atom is -0.326 e. The lowest BCUT2D eigenvalue weighted by Crippen LogP contribution is -2.08. The summed E-state index contributed by atoms with van der Waals surface area (Å²) in [7, 11) is 0. The molecule has 80 valence electrons. The molecule has 0 aliphatic heterocycles. The molecule has 1 rings (SSSR count). The predicted molar refractivity (Wildman–Crippen MR) is 54.3 cm³/mol. The Balaban J connectivity index is 0.00000169. The standard InChI is InChI=1S/C8H7BrF3N.ClH/c9-7-5(4-13)2-1-3-6(7)8(10,11)12;/h1-3H,4,13H2;1H. The Morgan fingerprint density at radius 1 is 1.29 bits per heavy atom. The first-order valence-electron chi connectivity index (χ1n) is 3.51. The van der Waals surface area contributed by atoms with Gasteiger partial charge >= 0.3 is 6.18 Å². The van der Waals surface area contributed by atoms with Gasteiger partial charge in [0.2, 0.25) is 0 Å². The summed E-state index contributed by atoms with van der Waals surface area (Å²) in [5.74, 6) is 0. The average molecular weight is 291 g/mol. The molecule has 6 heteroatoms. The largest absolute Gasteiger partial charge is 0.417 e. The first-order chi connectivity index (χ1) is 5.96. The highest BCUT2D eigenvalue weighted by atomic mass is 79.9. The van der Waals surface area contributed by atoms with Gasteiger partial charge in [-0.2, -0.15) is 13.2 Å². The highest BCUT2D eigenvalue weighted by molar-refractivity contribution is 9.10. The molecule has 1 aromatic rings. The van der Waals surface area contributed by atoms with Crippen LogP contribution in [0.1, 0.15) is 11.1 Å². The van der Waals surface area contributed by atoms with Crippen molar-refractivity contribution in [2.24, 2.45) is 5.73 Å². The molecule has 0 aliphatic carbocycles. The van der Waals surface area contributed by atoms with Crippen molar-refractivity contribution in [2.45, 2.75) is 12.7 Å². The van der Waals surface area contributed by atoms with Crippen LogP contribution in [0.4, 0.5) is 13.2 Å². The molecule has 0 amide bonds. The molecule has 14 heavy (non-hydrogen) atoms. The second-order valence-corrected chi connectivity index (χ2v) is 3.27. The molecule has 2 N–H and O–H groups in total. The second kappa shape index (κ2) is 5.00. The number of halogens is 5. The third-order valence-electron chi connectivity index (χ3n) is 1.60. The fraction of sp³-hybridized carbons (Fsp3) is 0.250. The van der Waals surface area contributed by atoms with Gasteiger partial charge < -0.3 is 5.73 Å². The predicted octanol–water partition coefficient (Wildman–Crippen LogP) is 3.35. The Labute approximate surface area is 94.0 Å². The van der Waals surface area contributed by atoms with E-state index >= 15 is 0 Å². The number of alkyl halides is 3. The molecule has 1 aromatic carbocycles. The summed E-state index contributed by atoms with van der Waals surface area (Å²) in [5, 5.41) is 0. The van der Waals surface area contributed by atoms with Crippen molar-refractivity contribution in [2.75, 3.05) is 0 Å². The lowest BCUT2D eigenvalue weighted by Gasteiger charge is -2.11. The van der Waals surface area contributed by atoms with E-state index in [9.17, 15) is 13.2 Å². The molecular weight excluding hydrogens is 282 g/mol. The van der Waals surface area contributed by atoms with E-state index in [1.165, 1.54) is 6.07 Å². The average Bonchev–Trinajstić information content (AvgIpc) is 2.02. The molecule has 0 saturated carbocycles. The van der Waals surface area contributed by atoms with E-state index in [4.69, 9.17) is 5.73 Å². The van der Waals surface area contributed by atoms with Crippen molar-refractivity contribution in [3.63, 3.8) is 0 Å². The minimum atomic E-state index is -4.33. The van der Waals surface area contributed by atoms with Crippen LogP contribution in [-0.4, -0.2) is 0 Å². The Hall–Kier alpha value is -0.260. The van der Waals surface area contributed by atoms with Crippen LogP contribution in [0.15, 0.2) is 22.7 Å². The zero-order chi connectivity index (χ0) is 10.1. The SMILES string of the molecule is Cl.NCc1cccc(C(F)(F)F)c1Br. The van der Waals surface area contributed by atoms with Crippen LogP contribution in [0.5, 0.6) is 0 Å². The van der Waals surface area contributed by atoms with E-state index in [1.54, 1.807) is 6.07 Å². The van der Waals surface area contributed by atoms with Gasteiger partial charge in [-0.25, -0.2) is 0 Å². The van der Waals surface area contributed by atoms with Gasteiger partial charge in [0.25, 0.3) is 0 Å². The quantitative estimate of drug-likeness (QED) is 0.843. The summed E-state index contributed by atoms with van der Waals surface area (Å²) in [5.41, 5.74) is 5.03. The van der Waals surface area contributed by atoms with Crippen molar-refractivity contribution in [3.8, 4) is 0 Å². The Morgan fingerprint density at radius 2 is 1.86 bits per heavy atom. The minimum absolute atomic E-state index is 0. The Bertz CT molecular complexity index is 314. The molecule has 0 atom stereocenters. The van der Waals surface area contributed by atoms with Crippen molar-refractivity contribution >= 4 is 28.3 Å². The van der Waals surface area contributed by atoms with Crippen molar-refractivity contribution in [3.05, 3.63) is 33.8 Å². The van der Waals surface area contributed by atoms with Gasteiger partial charge in [0.05, 0.1) is 5.56 Å². The van der Waals surface area contributed by atoms with Crippen LogP contribution in [0, 0.1) is 0 Å². The van der Waals surface area contributed by atoms with Crippen LogP contribution in [-0.2, 0) is 12.7 Å². The van der Waals surface area contributed by atoms with Crippen molar-refractivity contribution in [1.29, 1.82) is 0 Å². The maximum Gasteiger partial charge on any atom is 0.417 e. The van der Waals surface area contributed by atoms with Gasteiger partial charge in [-0.1, -0.05) is 12.1 Å². The number of nitrogens with two attached hydrogens (primary N) is 1. The van der Waals surface area contributed by atoms with E-state index in [0.717, 1.165) is 6.07 Å². The molecule has 1 nitrogen and oxygen atoms in total. The summed E-state index contributed by atoms with van der Waals surface area (Å²) in [6.45, 7) is 0.0878. The van der Waals surface area contributed by atoms with Gasteiger partial charge in [0.15, 0.2) is 0 Å². The second-order valence-electron chi connectivity index (χ2n) is 2.48. The third-order valence-corrected chi connectivity index (χ3v) is 2.54. The topological polar surface area (TPSA) is 26.0 Å². The maximum atomic E-state index is 12.3. The summed E-state index contributed by atoms with van der Waals surface area (Å²) >= 11 is 2.88. The maximum absolute atomic E-state index is 12.3. The van der Waals surface area contributed by atoms with Gasteiger partial charge in [0.1, 0.15) is 0 Å². The first-order valence-corrected chi connectivity index (χ1v) is 4.30. The Morgan fingerprint density at radius 3 is 2.29 bits per heavy atom. The zero-order valence-electron chi connectivity index (χ0n) is 6.94. The molecule has 0 aliphatic rings. The lowest BCUT2D eigenvalue weighted by atomic mass is 10.1. The first kappa shape index (κ1) is 13.7. The van der Waals surface area contributed by atoms with Crippen molar-refractivity contribution < 1.29 is 13.2 Å². The van der Waals surface area contributed by atoms with Crippen LogP contribution in [0.3, 0.4) is 0 Å². The number of hydrogen-bond acceptors (Lipinski definition) is 1. The normalized spacial score (nSPS) is 10.9. The van der Waals surface area contributed by atoms with Crippen molar-refractivity contribution in [1.82, 2.24) is 0 Å². The number of benzene rings is 1. The van der Waals surface area contributed by atoms with Crippen LogP contribution in [0.2, 0.25) is 0 Å². The molecule has 0 heterocycles. The van der Waals surface area contributed by atoms with Gasteiger partial charge in [-0.15, -0.1) is 12.4 Å². The summed E-state index contributed by atoms with van der Waals surface area (Å²) in [6, 6.07) is 3.92. The molecule has 0 radical (unpaired) electrons. The molecule has 0 fully saturated rings. The number of rotatable bonds is 1. The van der Waals surface area contributed by atoms with Gasteiger partial charge in [-0.05, 0) is 27.6 Å². The van der Waals surface area contributed by atoms with Crippen LogP contribution >= 0.6 is 28.3 Å². The summed E-state index contributed by atoms with van der Waals surface area (Å²) < 4.78 is 36.9. The fourth-order valence-corrected chi connectivity index (χ4v) is 1.61. The van der Waals surface area contributed by atoms with E-state index < -0.39 is 11.7 Å². The highest BCUT2D eigenvalue weighted by Gasteiger charge is 2.33. The van der Waals surface area contributed by atoms with E-state index in [-0.39, 0.29) is 23.4 Å². The molecular formula is C8H8BrClF3N. The highest BCUT2D eigenvalue weighted by Crippen LogP contribution is 2.36. The van der Waals surface area contributed by atoms with E-state index in [2.05, 4.69) is 15.9 Å². The third kappa shape index (κ3) is 2.87.